The van der Waals surface area contributed by atoms with Crippen molar-refractivity contribution in [2.75, 3.05) is 5.32 Å². The first-order chi connectivity index (χ1) is 9.49. The van der Waals surface area contributed by atoms with Crippen molar-refractivity contribution in [3.63, 3.8) is 0 Å². The average Bonchev–Trinajstić information content (AvgIpc) is 2.43. The van der Waals surface area contributed by atoms with Crippen molar-refractivity contribution in [2.24, 2.45) is 11.7 Å². The number of rotatable bonds is 4. The van der Waals surface area contributed by atoms with Crippen LogP contribution in [-0.2, 0) is 4.79 Å². The van der Waals surface area contributed by atoms with E-state index in [9.17, 15) is 4.79 Å². The van der Waals surface area contributed by atoms with Gasteiger partial charge < -0.3 is 11.1 Å². The second-order valence-corrected chi connectivity index (χ2v) is 6.70. The summed E-state index contributed by atoms with van der Waals surface area (Å²) >= 11 is 9.42. The van der Waals surface area contributed by atoms with Crippen LogP contribution in [0.1, 0.15) is 39.0 Å². The molecule has 1 fully saturated rings. The van der Waals surface area contributed by atoms with Crippen LogP contribution in [0.4, 0.5) is 5.69 Å². The molecule has 2 unspecified atom stereocenters. The van der Waals surface area contributed by atoms with E-state index in [-0.39, 0.29) is 11.8 Å². The lowest BCUT2D eigenvalue weighted by Gasteiger charge is -2.42. The molecule has 110 valence electrons. The van der Waals surface area contributed by atoms with Gasteiger partial charge in [0.05, 0.1) is 5.02 Å². The van der Waals surface area contributed by atoms with Gasteiger partial charge in [-0.1, -0.05) is 37.8 Å². The van der Waals surface area contributed by atoms with E-state index in [1.807, 2.05) is 18.2 Å². The van der Waals surface area contributed by atoms with Crippen LogP contribution in [0.15, 0.2) is 22.7 Å². The Morgan fingerprint density at radius 1 is 1.55 bits per heavy atom. The number of anilines is 1. The fraction of sp³-hybridized carbons (Fsp3) is 0.533. The number of amides is 1. The maximum atomic E-state index is 12.1. The number of primary amides is 1. The summed E-state index contributed by atoms with van der Waals surface area (Å²) in [7, 11) is 0. The third-order valence-electron chi connectivity index (χ3n) is 4.29. The Morgan fingerprint density at radius 3 is 2.90 bits per heavy atom. The molecule has 1 amide bonds. The van der Waals surface area contributed by atoms with Gasteiger partial charge in [0, 0.05) is 10.2 Å². The van der Waals surface area contributed by atoms with Crippen molar-refractivity contribution < 1.29 is 4.79 Å². The second kappa shape index (κ2) is 6.35. The summed E-state index contributed by atoms with van der Waals surface area (Å²) in [5.41, 5.74) is 5.98. The summed E-state index contributed by atoms with van der Waals surface area (Å²) in [6.45, 7) is 2.12. The van der Waals surface area contributed by atoms with E-state index in [2.05, 4.69) is 28.2 Å². The highest BCUT2D eigenvalue weighted by Crippen LogP contribution is 2.39. The van der Waals surface area contributed by atoms with E-state index in [0.29, 0.717) is 5.02 Å². The number of carbonyl (C=O) groups is 1. The van der Waals surface area contributed by atoms with E-state index in [1.54, 1.807) is 0 Å². The van der Waals surface area contributed by atoms with Gasteiger partial charge in [-0.25, -0.2) is 0 Å². The molecule has 5 heteroatoms. The van der Waals surface area contributed by atoms with Gasteiger partial charge in [0.25, 0.3) is 0 Å². The molecule has 3 nitrogen and oxygen atoms in total. The minimum Gasteiger partial charge on any atom is -0.371 e. The summed E-state index contributed by atoms with van der Waals surface area (Å²) in [5, 5.41) is 4.05. The third-order valence-corrected chi connectivity index (χ3v) is 5.50. The zero-order chi connectivity index (χ0) is 14.8. The Morgan fingerprint density at radius 2 is 2.30 bits per heavy atom. The summed E-state index contributed by atoms with van der Waals surface area (Å²) in [4.78, 5) is 12.1. The van der Waals surface area contributed by atoms with Gasteiger partial charge in [-0.3, -0.25) is 4.79 Å². The predicted octanol–water partition coefficient (Wildman–Crippen LogP) is 4.34. The molecule has 1 aromatic carbocycles. The van der Waals surface area contributed by atoms with Gasteiger partial charge in [-0.15, -0.1) is 0 Å². The van der Waals surface area contributed by atoms with Crippen molar-refractivity contribution >= 4 is 39.1 Å². The topological polar surface area (TPSA) is 55.1 Å². The van der Waals surface area contributed by atoms with Crippen LogP contribution in [0.2, 0.25) is 5.02 Å². The van der Waals surface area contributed by atoms with Crippen LogP contribution < -0.4 is 11.1 Å². The SMILES string of the molecule is CCC1CCCCC1(Nc1ccc(Cl)c(Br)c1)C(N)=O. The minimum atomic E-state index is -0.639. The average molecular weight is 360 g/mol. The molecule has 0 bridgehead atoms. The first kappa shape index (κ1) is 15.6. The van der Waals surface area contributed by atoms with Crippen molar-refractivity contribution in [1.29, 1.82) is 0 Å². The molecule has 0 aliphatic heterocycles. The molecule has 0 radical (unpaired) electrons. The standard InChI is InChI=1S/C15H20BrClN2O/c1-2-10-5-3-4-8-15(10,14(18)20)19-11-6-7-13(17)12(16)9-11/h6-7,9-10,19H,2-5,8H2,1H3,(H2,18,20). The monoisotopic (exact) mass is 358 g/mol. The molecule has 1 aliphatic carbocycles. The number of carbonyl (C=O) groups excluding carboxylic acids is 1. The number of benzene rings is 1. The first-order valence-corrected chi connectivity index (χ1v) is 8.20. The fourth-order valence-corrected chi connectivity index (χ4v) is 3.68. The maximum absolute atomic E-state index is 12.1. The summed E-state index contributed by atoms with van der Waals surface area (Å²) < 4.78 is 0.813. The van der Waals surface area contributed by atoms with Gasteiger partial charge in [0.2, 0.25) is 5.91 Å². The number of hydrogen-bond donors (Lipinski definition) is 2. The quantitative estimate of drug-likeness (QED) is 0.840. The van der Waals surface area contributed by atoms with Crippen molar-refractivity contribution in [3.8, 4) is 0 Å². The third kappa shape index (κ3) is 2.96. The molecule has 1 aliphatic rings. The Kier molecular flexibility index (Phi) is 4.97. The largest absolute Gasteiger partial charge is 0.371 e. The van der Waals surface area contributed by atoms with E-state index >= 15 is 0 Å². The Bertz CT molecular complexity index is 509. The van der Waals surface area contributed by atoms with E-state index in [0.717, 1.165) is 35.8 Å². The fourth-order valence-electron chi connectivity index (χ4n) is 3.18. The maximum Gasteiger partial charge on any atom is 0.243 e. The summed E-state index contributed by atoms with van der Waals surface area (Å²) in [6, 6.07) is 5.60. The predicted molar refractivity (Wildman–Crippen MR) is 86.9 cm³/mol. The Balaban J connectivity index is 2.32. The van der Waals surface area contributed by atoms with Crippen LogP contribution in [0, 0.1) is 5.92 Å². The molecule has 2 atom stereocenters. The number of nitrogens with one attached hydrogen (secondary N) is 1. The highest BCUT2D eigenvalue weighted by Gasteiger charge is 2.44. The molecular formula is C15H20BrClN2O. The Labute approximate surface area is 133 Å². The van der Waals surface area contributed by atoms with Crippen molar-refractivity contribution in [1.82, 2.24) is 0 Å². The van der Waals surface area contributed by atoms with Crippen LogP contribution in [0.25, 0.3) is 0 Å². The van der Waals surface area contributed by atoms with E-state index in [1.165, 1.54) is 6.42 Å². The first-order valence-electron chi connectivity index (χ1n) is 7.02. The summed E-state index contributed by atoms with van der Waals surface area (Å²) in [5.74, 6) is 0.0262. The normalized spacial score (nSPS) is 26.2. The molecule has 1 aromatic rings. The molecule has 0 saturated heterocycles. The highest BCUT2D eigenvalue weighted by molar-refractivity contribution is 9.10. The van der Waals surface area contributed by atoms with E-state index < -0.39 is 5.54 Å². The number of nitrogens with two attached hydrogens (primary N) is 1. The minimum absolute atomic E-state index is 0.255. The lowest BCUT2D eigenvalue weighted by molar-refractivity contribution is -0.125. The van der Waals surface area contributed by atoms with Gasteiger partial charge in [-0.2, -0.15) is 0 Å². The second-order valence-electron chi connectivity index (χ2n) is 5.44. The number of halogens is 2. The van der Waals surface area contributed by atoms with Crippen LogP contribution in [0.3, 0.4) is 0 Å². The molecule has 1 saturated carbocycles. The van der Waals surface area contributed by atoms with Gasteiger partial charge in [0.1, 0.15) is 5.54 Å². The molecule has 3 N–H and O–H groups in total. The smallest absolute Gasteiger partial charge is 0.243 e. The molecule has 0 spiro atoms. The molecule has 2 rings (SSSR count). The van der Waals surface area contributed by atoms with Crippen LogP contribution in [-0.4, -0.2) is 11.4 Å². The summed E-state index contributed by atoms with van der Waals surface area (Å²) in [6.07, 6.45) is 4.98. The van der Waals surface area contributed by atoms with Crippen LogP contribution >= 0.6 is 27.5 Å². The van der Waals surface area contributed by atoms with Gasteiger partial charge >= 0.3 is 0 Å². The van der Waals surface area contributed by atoms with Crippen molar-refractivity contribution in [3.05, 3.63) is 27.7 Å². The molecule has 0 aromatic heterocycles. The Hall–Kier alpha value is -0.740. The molecule has 0 heterocycles. The number of hydrogen-bond acceptors (Lipinski definition) is 2. The molecular weight excluding hydrogens is 340 g/mol. The van der Waals surface area contributed by atoms with Crippen molar-refractivity contribution in [2.45, 2.75) is 44.6 Å². The van der Waals surface area contributed by atoms with Gasteiger partial charge in [0.15, 0.2) is 0 Å². The lowest BCUT2D eigenvalue weighted by Crippen LogP contribution is -2.57. The lowest BCUT2D eigenvalue weighted by atomic mass is 9.70. The zero-order valence-corrected chi connectivity index (χ0v) is 13.9. The van der Waals surface area contributed by atoms with Gasteiger partial charge in [-0.05, 0) is 52.9 Å². The van der Waals surface area contributed by atoms with E-state index in [4.69, 9.17) is 17.3 Å². The molecule has 20 heavy (non-hydrogen) atoms. The van der Waals surface area contributed by atoms with Crippen LogP contribution in [0.5, 0.6) is 0 Å². The highest BCUT2D eigenvalue weighted by atomic mass is 79.9. The zero-order valence-electron chi connectivity index (χ0n) is 11.6.